The van der Waals surface area contributed by atoms with E-state index in [0.717, 1.165) is 48.6 Å². The van der Waals surface area contributed by atoms with Gasteiger partial charge in [0.1, 0.15) is 0 Å². The van der Waals surface area contributed by atoms with Crippen LogP contribution in [0, 0.1) is 0 Å². The fraction of sp³-hybridized carbons (Fsp3) is 0.273. The van der Waals surface area contributed by atoms with Gasteiger partial charge in [0.15, 0.2) is 5.16 Å². The number of carbonyl (C=O) groups excluding carboxylic acids is 1. The van der Waals surface area contributed by atoms with Crippen LogP contribution >= 0.6 is 23.4 Å². The number of nitrogens with zero attached hydrogens (tertiary/aromatic N) is 4. The van der Waals surface area contributed by atoms with Crippen LogP contribution in [0.3, 0.4) is 0 Å². The van der Waals surface area contributed by atoms with Crippen molar-refractivity contribution in [2.24, 2.45) is 0 Å². The van der Waals surface area contributed by atoms with Crippen molar-refractivity contribution in [3.05, 3.63) is 77.1 Å². The first-order chi connectivity index (χ1) is 14.1. The number of piperazine rings is 1. The maximum Gasteiger partial charge on any atom is 0.254 e. The van der Waals surface area contributed by atoms with E-state index < -0.39 is 0 Å². The number of imidazole rings is 1. The van der Waals surface area contributed by atoms with Gasteiger partial charge in [0.2, 0.25) is 0 Å². The fourth-order valence-corrected chi connectivity index (χ4v) is 4.35. The van der Waals surface area contributed by atoms with E-state index in [4.69, 9.17) is 11.6 Å². The van der Waals surface area contributed by atoms with Gasteiger partial charge >= 0.3 is 0 Å². The van der Waals surface area contributed by atoms with Gasteiger partial charge in [0, 0.05) is 61.4 Å². The third kappa shape index (κ3) is 4.66. The molecule has 0 atom stereocenters. The van der Waals surface area contributed by atoms with Gasteiger partial charge < -0.3 is 4.90 Å². The molecule has 1 saturated heterocycles. The quantitative estimate of drug-likeness (QED) is 0.573. The van der Waals surface area contributed by atoms with Crippen molar-refractivity contribution in [3.63, 3.8) is 0 Å². The second-order valence-electron chi connectivity index (χ2n) is 7.03. The first kappa shape index (κ1) is 20.0. The second kappa shape index (κ2) is 9.03. The topological polar surface area (TPSA) is 41.4 Å². The molecule has 1 aliphatic heterocycles. The predicted octanol–water partition coefficient (Wildman–Crippen LogP) is 4.21. The van der Waals surface area contributed by atoms with E-state index in [1.807, 2.05) is 64.4 Å². The van der Waals surface area contributed by atoms with Crippen LogP contribution < -0.4 is 0 Å². The van der Waals surface area contributed by atoms with Crippen molar-refractivity contribution >= 4 is 29.3 Å². The van der Waals surface area contributed by atoms with E-state index in [0.29, 0.717) is 5.56 Å². The number of benzene rings is 2. The molecule has 0 saturated carbocycles. The van der Waals surface area contributed by atoms with E-state index >= 15 is 0 Å². The van der Waals surface area contributed by atoms with Gasteiger partial charge in [0.25, 0.3) is 5.91 Å². The molecule has 0 N–H and O–H groups in total. The zero-order chi connectivity index (χ0) is 20.2. The molecule has 5 nitrogen and oxygen atoms in total. The molecule has 150 valence electrons. The molecule has 0 unspecified atom stereocenters. The summed E-state index contributed by atoms with van der Waals surface area (Å²) in [5, 5.41) is 1.67. The molecule has 1 aliphatic rings. The molecular weight excluding hydrogens is 404 g/mol. The smallest absolute Gasteiger partial charge is 0.254 e. The molecular formula is C22H23ClN4OS. The van der Waals surface area contributed by atoms with Crippen LogP contribution in [0.15, 0.2) is 66.1 Å². The van der Waals surface area contributed by atoms with Crippen LogP contribution in [0.2, 0.25) is 5.02 Å². The Kier molecular flexibility index (Phi) is 6.23. The Balaban J connectivity index is 1.40. The molecule has 7 heteroatoms. The summed E-state index contributed by atoms with van der Waals surface area (Å²) in [7, 11) is 0. The van der Waals surface area contributed by atoms with E-state index in [2.05, 4.69) is 16.0 Å². The predicted molar refractivity (Wildman–Crippen MR) is 118 cm³/mol. The number of halogens is 1. The van der Waals surface area contributed by atoms with Gasteiger partial charge in [0.05, 0.1) is 0 Å². The lowest BCUT2D eigenvalue weighted by Crippen LogP contribution is -2.48. The highest BCUT2D eigenvalue weighted by atomic mass is 35.5. The standard InChI is InChI=1S/C22H23ClN4OS/c1-29-22-24-8-9-27(22)20-7-3-5-18(15-20)21(28)26-12-10-25(11-13-26)16-17-4-2-6-19(23)14-17/h2-9,14-15H,10-13,16H2,1H3. The monoisotopic (exact) mass is 426 g/mol. The molecule has 2 heterocycles. The van der Waals surface area contributed by atoms with Crippen molar-refractivity contribution < 1.29 is 4.79 Å². The van der Waals surface area contributed by atoms with E-state index in [-0.39, 0.29) is 5.91 Å². The number of hydrogen-bond donors (Lipinski definition) is 0. The van der Waals surface area contributed by atoms with Crippen LogP contribution in [0.4, 0.5) is 0 Å². The summed E-state index contributed by atoms with van der Waals surface area (Å²) in [6.07, 6.45) is 5.69. The van der Waals surface area contributed by atoms with Crippen molar-refractivity contribution in [1.82, 2.24) is 19.4 Å². The largest absolute Gasteiger partial charge is 0.336 e. The number of amides is 1. The summed E-state index contributed by atoms with van der Waals surface area (Å²) in [5.41, 5.74) is 2.87. The van der Waals surface area contributed by atoms with Gasteiger partial charge in [-0.05, 0) is 42.2 Å². The molecule has 1 amide bonds. The molecule has 3 aromatic rings. The molecule has 0 spiro atoms. The van der Waals surface area contributed by atoms with Crippen LogP contribution in [-0.2, 0) is 6.54 Å². The minimum Gasteiger partial charge on any atom is -0.336 e. The van der Waals surface area contributed by atoms with E-state index in [1.165, 1.54) is 5.56 Å². The third-order valence-electron chi connectivity index (χ3n) is 5.12. The average molecular weight is 427 g/mol. The normalized spacial score (nSPS) is 14.9. The molecule has 2 aromatic carbocycles. The first-order valence-corrected chi connectivity index (χ1v) is 11.2. The van der Waals surface area contributed by atoms with Gasteiger partial charge in [-0.25, -0.2) is 4.98 Å². The van der Waals surface area contributed by atoms with Gasteiger partial charge in [-0.3, -0.25) is 14.3 Å². The van der Waals surface area contributed by atoms with Crippen molar-refractivity contribution in [3.8, 4) is 5.69 Å². The van der Waals surface area contributed by atoms with Crippen LogP contribution in [-0.4, -0.2) is 57.7 Å². The second-order valence-corrected chi connectivity index (χ2v) is 8.24. The minimum atomic E-state index is 0.0834. The zero-order valence-electron chi connectivity index (χ0n) is 16.3. The molecule has 0 aliphatic carbocycles. The van der Waals surface area contributed by atoms with E-state index in [9.17, 15) is 4.79 Å². The Labute approximate surface area is 180 Å². The Morgan fingerprint density at radius 3 is 2.66 bits per heavy atom. The first-order valence-electron chi connectivity index (χ1n) is 9.58. The summed E-state index contributed by atoms with van der Waals surface area (Å²) < 4.78 is 2.00. The highest BCUT2D eigenvalue weighted by molar-refractivity contribution is 7.98. The van der Waals surface area contributed by atoms with Crippen LogP contribution in [0.5, 0.6) is 0 Å². The average Bonchev–Trinajstić information content (AvgIpc) is 3.23. The fourth-order valence-electron chi connectivity index (χ4n) is 3.61. The molecule has 0 bridgehead atoms. The van der Waals surface area contributed by atoms with Crippen molar-refractivity contribution in [1.29, 1.82) is 0 Å². The number of carbonyl (C=O) groups is 1. The molecule has 4 rings (SSSR count). The Hall–Kier alpha value is -2.28. The maximum absolute atomic E-state index is 13.0. The zero-order valence-corrected chi connectivity index (χ0v) is 17.9. The van der Waals surface area contributed by atoms with Gasteiger partial charge in [-0.15, -0.1) is 0 Å². The lowest BCUT2D eigenvalue weighted by molar-refractivity contribution is 0.0628. The lowest BCUT2D eigenvalue weighted by atomic mass is 10.1. The Bertz CT molecular complexity index is 998. The SMILES string of the molecule is CSc1nccn1-c1cccc(C(=O)N2CCN(Cc3cccc(Cl)c3)CC2)c1. The van der Waals surface area contributed by atoms with Gasteiger partial charge in [-0.2, -0.15) is 0 Å². The highest BCUT2D eigenvalue weighted by Crippen LogP contribution is 2.20. The summed E-state index contributed by atoms with van der Waals surface area (Å²) in [6.45, 7) is 4.03. The summed E-state index contributed by atoms with van der Waals surface area (Å²) in [4.78, 5) is 21.7. The van der Waals surface area contributed by atoms with Crippen LogP contribution in [0.25, 0.3) is 5.69 Å². The van der Waals surface area contributed by atoms with E-state index in [1.54, 1.807) is 18.0 Å². The maximum atomic E-state index is 13.0. The van der Waals surface area contributed by atoms with Crippen molar-refractivity contribution in [2.75, 3.05) is 32.4 Å². The molecule has 29 heavy (non-hydrogen) atoms. The molecule has 1 fully saturated rings. The Morgan fingerprint density at radius 2 is 1.90 bits per heavy atom. The number of hydrogen-bond acceptors (Lipinski definition) is 4. The van der Waals surface area contributed by atoms with Crippen molar-refractivity contribution in [2.45, 2.75) is 11.7 Å². The summed E-state index contributed by atoms with van der Waals surface area (Å²) in [5.74, 6) is 0.0834. The highest BCUT2D eigenvalue weighted by Gasteiger charge is 2.22. The lowest BCUT2D eigenvalue weighted by Gasteiger charge is -2.35. The minimum absolute atomic E-state index is 0.0834. The van der Waals surface area contributed by atoms with Crippen LogP contribution in [0.1, 0.15) is 15.9 Å². The Morgan fingerprint density at radius 1 is 1.10 bits per heavy atom. The number of thioether (sulfide) groups is 1. The summed E-state index contributed by atoms with van der Waals surface area (Å²) in [6, 6.07) is 15.7. The van der Waals surface area contributed by atoms with Gasteiger partial charge in [-0.1, -0.05) is 41.6 Å². The summed E-state index contributed by atoms with van der Waals surface area (Å²) >= 11 is 7.67. The molecule has 0 radical (unpaired) electrons. The third-order valence-corrected chi connectivity index (χ3v) is 6.02. The number of rotatable bonds is 5. The number of aromatic nitrogens is 2. The molecule has 1 aromatic heterocycles.